The first kappa shape index (κ1) is 18.3. The van der Waals surface area contributed by atoms with Gasteiger partial charge in [0, 0.05) is 26.8 Å². The van der Waals surface area contributed by atoms with E-state index in [1.54, 1.807) is 26.2 Å². The third kappa shape index (κ3) is 3.73. The van der Waals surface area contributed by atoms with E-state index >= 15 is 0 Å². The van der Waals surface area contributed by atoms with Gasteiger partial charge in [-0.15, -0.1) is 0 Å². The van der Waals surface area contributed by atoms with Crippen LogP contribution in [0.1, 0.15) is 12.5 Å². The van der Waals surface area contributed by atoms with Crippen molar-refractivity contribution in [2.24, 2.45) is 7.05 Å². The largest absolute Gasteiger partial charge is 0.383 e. The Balaban J connectivity index is 2.31. The van der Waals surface area contributed by atoms with Gasteiger partial charge in [0.2, 0.25) is 5.91 Å². The zero-order chi connectivity index (χ0) is 18.7. The summed E-state index contributed by atoms with van der Waals surface area (Å²) < 4.78 is 2.03. The molecule has 0 fully saturated rings. The number of nitrogens with two attached hydrogens (primary N) is 1. The number of benzene rings is 1. The van der Waals surface area contributed by atoms with Gasteiger partial charge in [0.15, 0.2) is 0 Å². The summed E-state index contributed by atoms with van der Waals surface area (Å²) >= 11 is 0. The number of nitrogens with one attached hydrogen (secondary N) is 1. The van der Waals surface area contributed by atoms with Crippen LogP contribution in [0, 0.1) is 0 Å². The molecule has 2 rings (SSSR count). The van der Waals surface area contributed by atoms with E-state index in [2.05, 4.69) is 5.32 Å². The highest BCUT2D eigenvalue weighted by Crippen LogP contribution is 2.13. The zero-order valence-electron chi connectivity index (χ0n) is 14.9. The van der Waals surface area contributed by atoms with Gasteiger partial charge in [0.25, 0.3) is 5.56 Å². The Kier molecular flexibility index (Phi) is 5.31. The van der Waals surface area contributed by atoms with Crippen LogP contribution in [0.15, 0.2) is 33.9 Å². The van der Waals surface area contributed by atoms with Crippen LogP contribution in [-0.2, 0) is 24.8 Å². The predicted octanol–water partition coefficient (Wildman–Crippen LogP) is 0.396. The van der Waals surface area contributed by atoms with Crippen molar-refractivity contribution < 1.29 is 4.79 Å². The van der Waals surface area contributed by atoms with Crippen molar-refractivity contribution in [3.8, 4) is 0 Å². The molecule has 0 aliphatic carbocycles. The van der Waals surface area contributed by atoms with Crippen LogP contribution in [0.2, 0.25) is 0 Å². The summed E-state index contributed by atoms with van der Waals surface area (Å²) in [6.45, 7) is 1.65. The summed E-state index contributed by atoms with van der Waals surface area (Å²) in [7, 11) is 4.76. The molecule has 1 aromatic carbocycles. The molecule has 0 aliphatic heterocycles. The molecular weight excluding hydrogens is 322 g/mol. The number of amides is 1. The molecule has 1 heterocycles. The Morgan fingerprint density at radius 2 is 1.80 bits per heavy atom. The number of aromatic nitrogens is 2. The molecule has 0 atom stereocenters. The third-order valence-corrected chi connectivity index (χ3v) is 3.96. The standard InChI is InChI=1S/C17H23N5O3/c1-5-11-6-8-12(9-7-11)19-13(23)10-22-16(24)14(20(2)3)15(18)21(4)17(22)25/h6-9H,5,10,18H2,1-4H3,(H,19,23). The van der Waals surface area contributed by atoms with Crippen LogP contribution in [0.3, 0.4) is 0 Å². The van der Waals surface area contributed by atoms with Crippen LogP contribution in [0.4, 0.5) is 17.2 Å². The minimum Gasteiger partial charge on any atom is -0.383 e. The van der Waals surface area contributed by atoms with E-state index in [1.807, 2.05) is 19.1 Å². The van der Waals surface area contributed by atoms with Crippen molar-refractivity contribution in [1.29, 1.82) is 0 Å². The maximum absolute atomic E-state index is 12.5. The van der Waals surface area contributed by atoms with E-state index in [-0.39, 0.29) is 18.1 Å². The van der Waals surface area contributed by atoms with Gasteiger partial charge in [0.05, 0.1) is 0 Å². The number of nitrogen functional groups attached to an aromatic ring is 1. The van der Waals surface area contributed by atoms with Gasteiger partial charge in [-0.1, -0.05) is 19.1 Å². The van der Waals surface area contributed by atoms with E-state index in [0.29, 0.717) is 5.69 Å². The zero-order valence-corrected chi connectivity index (χ0v) is 14.9. The molecule has 1 amide bonds. The summed E-state index contributed by atoms with van der Waals surface area (Å²) in [4.78, 5) is 38.6. The highest BCUT2D eigenvalue weighted by molar-refractivity contribution is 5.90. The van der Waals surface area contributed by atoms with Crippen LogP contribution in [0.5, 0.6) is 0 Å². The maximum atomic E-state index is 12.5. The van der Waals surface area contributed by atoms with Gasteiger partial charge in [0.1, 0.15) is 18.1 Å². The van der Waals surface area contributed by atoms with Crippen LogP contribution in [0.25, 0.3) is 0 Å². The molecule has 0 unspecified atom stereocenters. The number of rotatable bonds is 5. The number of carbonyl (C=O) groups is 1. The second-order valence-electron chi connectivity index (χ2n) is 5.96. The monoisotopic (exact) mass is 345 g/mol. The minimum atomic E-state index is -0.635. The van der Waals surface area contributed by atoms with E-state index < -0.39 is 17.2 Å². The summed E-state index contributed by atoms with van der Waals surface area (Å²) in [6.07, 6.45) is 0.901. The average molecular weight is 345 g/mol. The molecule has 3 N–H and O–H groups in total. The minimum absolute atomic E-state index is 0.0619. The van der Waals surface area contributed by atoms with Crippen molar-refractivity contribution in [2.45, 2.75) is 19.9 Å². The average Bonchev–Trinajstić information content (AvgIpc) is 2.57. The third-order valence-electron chi connectivity index (χ3n) is 3.96. The topological polar surface area (TPSA) is 102 Å². The first-order chi connectivity index (χ1) is 11.8. The van der Waals surface area contributed by atoms with Crippen molar-refractivity contribution in [2.75, 3.05) is 30.0 Å². The molecule has 0 saturated carbocycles. The first-order valence-electron chi connectivity index (χ1n) is 7.91. The molecule has 134 valence electrons. The van der Waals surface area contributed by atoms with Crippen molar-refractivity contribution in [1.82, 2.24) is 9.13 Å². The lowest BCUT2D eigenvalue weighted by Gasteiger charge is -2.18. The number of hydrogen-bond acceptors (Lipinski definition) is 5. The molecule has 25 heavy (non-hydrogen) atoms. The molecule has 0 saturated heterocycles. The van der Waals surface area contributed by atoms with Crippen LogP contribution >= 0.6 is 0 Å². The molecule has 0 bridgehead atoms. The van der Waals surface area contributed by atoms with Crippen LogP contribution < -0.4 is 27.2 Å². The molecule has 8 heteroatoms. The quantitative estimate of drug-likeness (QED) is 0.816. The molecule has 0 radical (unpaired) electrons. The molecule has 2 aromatic rings. The SMILES string of the molecule is CCc1ccc(NC(=O)Cn2c(=O)c(N(C)C)c(N)n(C)c2=O)cc1. The van der Waals surface area contributed by atoms with Crippen LogP contribution in [-0.4, -0.2) is 29.1 Å². The summed E-state index contributed by atoms with van der Waals surface area (Å²) in [5.41, 5.74) is 6.54. The van der Waals surface area contributed by atoms with Crippen molar-refractivity contribution in [3.63, 3.8) is 0 Å². The van der Waals surface area contributed by atoms with Gasteiger partial charge in [-0.05, 0) is 24.1 Å². The Hall–Kier alpha value is -3.03. The van der Waals surface area contributed by atoms with E-state index in [4.69, 9.17) is 5.73 Å². The summed E-state index contributed by atoms with van der Waals surface area (Å²) in [5.74, 6) is -0.398. The number of anilines is 3. The Bertz CT molecular complexity index is 894. The molecule has 1 aromatic heterocycles. The van der Waals surface area contributed by atoms with E-state index in [1.165, 1.54) is 11.9 Å². The molecular formula is C17H23N5O3. The smallest absolute Gasteiger partial charge is 0.332 e. The lowest BCUT2D eigenvalue weighted by Crippen LogP contribution is -2.44. The summed E-state index contributed by atoms with van der Waals surface area (Å²) in [5, 5.41) is 2.69. The van der Waals surface area contributed by atoms with Gasteiger partial charge < -0.3 is 16.0 Å². The number of aryl methyl sites for hydroxylation is 1. The predicted molar refractivity (Wildman–Crippen MR) is 99.1 cm³/mol. The molecule has 0 spiro atoms. The van der Waals surface area contributed by atoms with Gasteiger partial charge in [-0.25, -0.2) is 9.36 Å². The highest BCUT2D eigenvalue weighted by Gasteiger charge is 2.18. The Morgan fingerprint density at radius 1 is 1.20 bits per heavy atom. The maximum Gasteiger partial charge on any atom is 0.332 e. The number of carbonyl (C=O) groups excluding carboxylic acids is 1. The normalized spacial score (nSPS) is 10.6. The van der Waals surface area contributed by atoms with Gasteiger partial charge in [-0.2, -0.15) is 0 Å². The number of hydrogen-bond donors (Lipinski definition) is 2. The van der Waals surface area contributed by atoms with Gasteiger partial charge in [-0.3, -0.25) is 14.2 Å². The highest BCUT2D eigenvalue weighted by atomic mass is 16.2. The molecule has 0 aliphatic rings. The Labute approximate surface area is 145 Å². The van der Waals surface area contributed by atoms with E-state index in [0.717, 1.165) is 21.1 Å². The van der Waals surface area contributed by atoms with Gasteiger partial charge >= 0.3 is 5.69 Å². The van der Waals surface area contributed by atoms with E-state index in [9.17, 15) is 14.4 Å². The first-order valence-corrected chi connectivity index (χ1v) is 7.91. The second-order valence-corrected chi connectivity index (χ2v) is 5.96. The fourth-order valence-electron chi connectivity index (χ4n) is 2.49. The summed E-state index contributed by atoms with van der Waals surface area (Å²) in [6, 6.07) is 7.39. The fourth-order valence-corrected chi connectivity index (χ4v) is 2.49. The van der Waals surface area contributed by atoms with Crippen molar-refractivity contribution in [3.05, 3.63) is 50.7 Å². The van der Waals surface area contributed by atoms with Crippen molar-refractivity contribution >= 4 is 23.1 Å². The second kappa shape index (κ2) is 7.25. The lowest BCUT2D eigenvalue weighted by atomic mass is 10.1. The Morgan fingerprint density at radius 3 is 2.32 bits per heavy atom. The molecule has 8 nitrogen and oxygen atoms in total. The number of nitrogens with zero attached hydrogens (tertiary/aromatic N) is 3. The lowest BCUT2D eigenvalue weighted by molar-refractivity contribution is -0.116. The fraction of sp³-hybridized carbons (Fsp3) is 0.353.